The normalized spacial score (nSPS) is 11.5. The zero-order chi connectivity index (χ0) is 17.7. The van der Waals surface area contributed by atoms with Gasteiger partial charge in [-0.2, -0.15) is 14.1 Å². The monoisotopic (exact) mass is 342 g/mol. The van der Waals surface area contributed by atoms with E-state index in [-0.39, 0.29) is 0 Å². The van der Waals surface area contributed by atoms with Crippen molar-refractivity contribution >= 4 is 22.1 Å². The number of nitrogens with zero attached hydrogens (tertiary/aromatic N) is 6. The molecule has 0 aliphatic rings. The van der Waals surface area contributed by atoms with Crippen LogP contribution in [0, 0.1) is 0 Å². The molecule has 0 radical (unpaired) electrons. The lowest BCUT2D eigenvalue weighted by atomic mass is 10.3. The highest BCUT2D eigenvalue weighted by Gasteiger charge is 2.20. The number of hydrogen-bond donors (Lipinski definition) is 0. The fourth-order valence-electron chi connectivity index (χ4n) is 3.47. The Hall–Kier alpha value is -3.54. The minimum absolute atomic E-state index is 0.791. The molecule has 26 heavy (non-hydrogen) atoms. The smallest absolute Gasteiger partial charge is 0.251 e. The Morgan fingerprint density at radius 1 is 0.692 bits per heavy atom. The Morgan fingerprint density at radius 2 is 1.15 bits per heavy atom. The number of imidazole rings is 2. The molecule has 2 aromatic carbocycles. The molecule has 126 valence electrons. The van der Waals surface area contributed by atoms with E-state index in [0.29, 0.717) is 0 Å². The minimum atomic E-state index is 0.791. The van der Waals surface area contributed by atoms with Gasteiger partial charge in [-0.3, -0.25) is 4.98 Å². The van der Waals surface area contributed by atoms with E-state index >= 15 is 0 Å². The van der Waals surface area contributed by atoms with Crippen molar-refractivity contribution in [1.29, 1.82) is 0 Å². The van der Waals surface area contributed by atoms with Gasteiger partial charge < -0.3 is 0 Å². The van der Waals surface area contributed by atoms with Crippen LogP contribution >= 0.6 is 0 Å². The second-order valence-electron chi connectivity index (χ2n) is 6.41. The lowest BCUT2D eigenvalue weighted by Gasteiger charge is -1.99. The summed E-state index contributed by atoms with van der Waals surface area (Å²) in [6.45, 7) is 0. The average molecular weight is 342 g/mol. The highest BCUT2D eigenvalue weighted by Crippen LogP contribution is 2.18. The van der Waals surface area contributed by atoms with Gasteiger partial charge in [-0.25, -0.2) is 9.13 Å². The Morgan fingerprint density at radius 3 is 1.65 bits per heavy atom. The topological polar surface area (TPSA) is 43.4 Å². The van der Waals surface area contributed by atoms with Crippen molar-refractivity contribution in [3.8, 4) is 11.6 Å². The van der Waals surface area contributed by atoms with Crippen LogP contribution in [-0.2, 0) is 14.1 Å². The molecule has 0 N–H and O–H groups in total. The fourth-order valence-corrected chi connectivity index (χ4v) is 3.47. The quantitative estimate of drug-likeness (QED) is 0.461. The SMILES string of the molecule is C[n+]1cn(-c2cncc(-n3c[n+](C)c4ccccc43)n2)c2ccccc21. The van der Waals surface area contributed by atoms with E-state index < -0.39 is 0 Å². The Balaban J connectivity index is 1.72. The van der Waals surface area contributed by atoms with Gasteiger partial charge in [0, 0.05) is 0 Å². The van der Waals surface area contributed by atoms with Crippen LogP contribution in [0.2, 0.25) is 0 Å². The molecule has 0 atom stereocenters. The van der Waals surface area contributed by atoms with Crippen molar-refractivity contribution in [1.82, 2.24) is 19.1 Å². The third-order valence-electron chi connectivity index (χ3n) is 4.72. The standard InChI is InChI=1S/C20H18N6/c1-23-13-25(17-9-5-3-7-15(17)23)19-11-21-12-20(22-19)26-14-24(2)16-8-4-6-10-18(16)26/h3-14H,1-2H3/q+2. The van der Waals surface area contributed by atoms with Crippen LogP contribution in [0.5, 0.6) is 0 Å². The van der Waals surface area contributed by atoms with Crippen LogP contribution in [0.25, 0.3) is 33.7 Å². The summed E-state index contributed by atoms with van der Waals surface area (Å²) in [7, 11) is 4.07. The molecule has 0 aliphatic heterocycles. The lowest BCUT2D eigenvalue weighted by Crippen LogP contribution is -2.25. The molecular formula is C20H18N6+2. The predicted molar refractivity (Wildman–Crippen MR) is 98.1 cm³/mol. The van der Waals surface area contributed by atoms with E-state index in [9.17, 15) is 0 Å². The van der Waals surface area contributed by atoms with E-state index in [1.165, 1.54) is 0 Å². The number of rotatable bonds is 2. The van der Waals surface area contributed by atoms with Crippen molar-refractivity contribution in [2.24, 2.45) is 14.1 Å². The first-order chi connectivity index (χ1) is 12.7. The molecule has 0 spiro atoms. The summed E-state index contributed by atoms with van der Waals surface area (Å²) in [6, 6.07) is 16.5. The van der Waals surface area contributed by atoms with Crippen LogP contribution < -0.4 is 9.13 Å². The van der Waals surface area contributed by atoms with Crippen LogP contribution in [0.15, 0.2) is 73.6 Å². The third kappa shape index (κ3) is 2.12. The van der Waals surface area contributed by atoms with Crippen LogP contribution in [0.1, 0.15) is 0 Å². The first kappa shape index (κ1) is 14.8. The first-order valence-corrected chi connectivity index (χ1v) is 8.46. The number of fused-ring (bicyclic) bond motifs is 2. The highest BCUT2D eigenvalue weighted by atomic mass is 15.2. The summed E-state index contributed by atoms with van der Waals surface area (Å²) in [4.78, 5) is 9.32. The number of para-hydroxylation sites is 4. The van der Waals surface area contributed by atoms with Gasteiger partial charge in [0.15, 0.2) is 22.1 Å². The van der Waals surface area contributed by atoms with Crippen molar-refractivity contribution in [2.75, 3.05) is 0 Å². The molecule has 0 fully saturated rings. The number of aromatic nitrogens is 6. The number of hydrogen-bond acceptors (Lipinski definition) is 2. The Labute approximate surface area is 150 Å². The molecule has 5 rings (SSSR count). The summed E-state index contributed by atoms with van der Waals surface area (Å²) in [5.74, 6) is 1.58. The molecule has 0 amide bonds. The van der Waals surface area contributed by atoms with E-state index in [4.69, 9.17) is 4.98 Å². The second kappa shape index (κ2) is 5.49. The largest absolute Gasteiger partial charge is 0.252 e. The summed E-state index contributed by atoms with van der Waals surface area (Å²) in [6.07, 6.45) is 7.65. The number of benzene rings is 2. The van der Waals surface area contributed by atoms with Gasteiger partial charge in [0.05, 0.1) is 26.5 Å². The molecule has 0 saturated heterocycles. The van der Waals surface area contributed by atoms with Gasteiger partial charge in [0.1, 0.15) is 0 Å². The van der Waals surface area contributed by atoms with E-state index in [1.807, 2.05) is 51.0 Å². The van der Waals surface area contributed by atoms with Crippen LogP contribution in [0.4, 0.5) is 0 Å². The summed E-state index contributed by atoms with van der Waals surface area (Å²) < 4.78 is 8.32. The van der Waals surface area contributed by atoms with E-state index in [0.717, 1.165) is 33.7 Å². The van der Waals surface area contributed by atoms with Gasteiger partial charge in [0.25, 0.3) is 12.7 Å². The summed E-state index contributed by atoms with van der Waals surface area (Å²) >= 11 is 0. The molecule has 0 saturated carbocycles. The molecule has 5 aromatic rings. The average Bonchev–Trinajstić information content (AvgIpc) is 3.20. The van der Waals surface area contributed by atoms with Crippen molar-refractivity contribution in [3.05, 3.63) is 73.6 Å². The maximum atomic E-state index is 4.88. The maximum absolute atomic E-state index is 4.88. The first-order valence-electron chi connectivity index (χ1n) is 8.46. The number of aryl methyl sites for hydroxylation is 2. The van der Waals surface area contributed by atoms with Crippen molar-refractivity contribution in [3.63, 3.8) is 0 Å². The Kier molecular flexibility index (Phi) is 3.12. The molecule has 6 heteroatoms. The molecule has 3 aromatic heterocycles. The summed E-state index contributed by atoms with van der Waals surface area (Å²) in [5.41, 5.74) is 4.50. The maximum Gasteiger partial charge on any atom is 0.251 e. The van der Waals surface area contributed by atoms with Crippen LogP contribution in [-0.4, -0.2) is 19.1 Å². The second-order valence-corrected chi connectivity index (χ2v) is 6.41. The third-order valence-corrected chi connectivity index (χ3v) is 4.72. The minimum Gasteiger partial charge on any atom is -0.252 e. The molecular weight excluding hydrogens is 324 g/mol. The van der Waals surface area contributed by atoms with Crippen molar-refractivity contribution in [2.45, 2.75) is 0 Å². The molecule has 0 unspecified atom stereocenters. The zero-order valence-electron chi connectivity index (χ0n) is 14.6. The van der Waals surface area contributed by atoms with Gasteiger partial charge >= 0.3 is 0 Å². The van der Waals surface area contributed by atoms with Gasteiger partial charge in [-0.05, 0) is 24.3 Å². The van der Waals surface area contributed by atoms with Crippen molar-refractivity contribution < 1.29 is 9.13 Å². The highest BCUT2D eigenvalue weighted by molar-refractivity contribution is 5.74. The van der Waals surface area contributed by atoms with E-state index in [2.05, 4.69) is 47.5 Å². The molecule has 6 nitrogen and oxygen atoms in total. The van der Waals surface area contributed by atoms with E-state index in [1.54, 1.807) is 12.4 Å². The Bertz CT molecular complexity index is 1170. The molecule has 0 bridgehead atoms. The fraction of sp³-hybridized carbons (Fsp3) is 0.100. The predicted octanol–water partition coefficient (Wildman–Crippen LogP) is 2.01. The van der Waals surface area contributed by atoms with Crippen LogP contribution in [0.3, 0.4) is 0 Å². The lowest BCUT2D eigenvalue weighted by molar-refractivity contribution is -0.645. The molecule has 3 heterocycles. The summed E-state index contributed by atoms with van der Waals surface area (Å²) in [5, 5.41) is 0. The van der Waals surface area contributed by atoms with Gasteiger partial charge in [-0.15, -0.1) is 0 Å². The zero-order valence-corrected chi connectivity index (χ0v) is 14.6. The van der Waals surface area contributed by atoms with Gasteiger partial charge in [0.2, 0.25) is 11.6 Å². The molecule has 0 aliphatic carbocycles. The van der Waals surface area contributed by atoms with Gasteiger partial charge in [-0.1, -0.05) is 24.3 Å².